The maximum atomic E-state index is 13.9. The van der Waals surface area contributed by atoms with Crippen molar-refractivity contribution in [3.05, 3.63) is 77.1 Å². The smallest absolute Gasteiger partial charge is 0.260 e. The van der Waals surface area contributed by atoms with E-state index in [0.29, 0.717) is 39.8 Å². The average Bonchev–Trinajstić information content (AvgIpc) is 3.76. The number of aromatic nitrogens is 3. The molecule has 0 amide bonds. The summed E-state index contributed by atoms with van der Waals surface area (Å²) in [7, 11) is 2.14. The number of allylic oxidation sites excluding steroid dienone is 1. The van der Waals surface area contributed by atoms with E-state index in [0.717, 1.165) is 48.3 Å². The third-order valence-corrected chi connectivity index (χ3v) is 9.90. The van der Waals surface area contributed by atoms with Crippen molar-refractivity contribution in [2.45, 2.75) is 62.3 Å². The highest BCUT2D eigenvalue weighted by atomic mass is 32.2. The first-order valence-electron chi connectivity index (χ1n) is 14.7. The van der Waals surface area contributed by atoms with Gasteiger partial charge in [-0.1, -0.05) is 6.58 Å². The summed E-state index contributed by atoms with van der Waals surface area (Å²) in [5, 5.41) is 7.42. The molecule has 0 radical (unpaired) electrons. The van der Waals surface area contributed by atoms with E-state index in [2.05, 4.69) is 46.3 Å². The molecule has 1 aromatic carbocycles. The summed E-state index contributed by atoms with van der Waals surface area (Å²) in [5.41, 5.74) is 3.70. The van der Waals surface area contributed by atoms with Gasteiger partial charge >= 0.3 is 0 Å². The van der Waals surface area contributed by atoms with Crippen LogP contribution in [0.3, 0.4) is 0 Å². The van der Waals surface area contributed by atoms with Gasteiger partial charge < -0.3 is 24.5 Å². The maximum Gasteiger partial charge on any atom is 0.260 e. The molecule has 3 aromatic heterocycles. The molecule has 10 heteroatoms. The first-order valence-corrected chi connectivity index (χ1v) is 15.9. The van der Waals surface area contributed by atoms with E-state index in [1.807, 2.05) is 32.0 Å². The number of hydrogen-bond donors (Lipinski definition) is 2. The number of furan rings is 1. The molecule has 4 aromatic rings. The van der Waals surface area contributed by atoms with Gasteiger partial charge in [0.05, 0.1) is 12.8 Å². The number of piperidine rings is 1. The molecule has 6 rings (SSSR count). The Balaban J connectivity index is 1.32. The van der Waals surface area contributed by atoms with Crippen LogP contribution >= 0.6 is 0 Å². The minimum absolute atomic E-state index is 0.0839. The van der Waals surface area contributed by atoms with Crippen LogP contribution in [0.4, 0.5) is 17.3 Å². The Morgan fingerprint density at radius 2 is 2.05 bits per heavy atom. The summed E-state index contributed by atoms with van der Waals surface area (Å²) in [6.45, 7) is 10.2. The number of fused-ring (bicyclic) bond motifs is 1. The van der Waals surface area contributed by atoms with Crippen molar-refractivity contribution < 1.29 is 8.97 Å². The van der Waals surface area contributed by atoms with Crippen LogP contribution in [0.25, 0.3) is 16.6 Å². The predicted molar refractivity (Wildman–Crippen MR) is 169 cm³/mol. The molecule has 2 aliphatic rings. The largest absolute Gasteiger partial charge is 0.611 e. The Hall–Kier alpha value is -3.60. The SMILES string of the molecule is C=C(c1cc2cnc(Nc3ccc(N(C)C4CCCNC4)cc3)nc2n(Cc2occc2[S+]([O-])C(C)C)c1=O)C1CC1. The molecule has 0 spiro atoms. The van der Waals surface area contributed by atoms with Crippen molar-refractivity contribution in [2.75, 3.05) is 30.4 Å². The molecule has 0 bridgehead atoms. The van der Waals surface area contributed by atoms with E-state index >= 15 is 0 Å². The monoisotopic (exact) mass is 586 g/mol. The fraction of sp³-hybridized carbons (Fsp3) is 0.406. The van der Waals surface area contributed by atoms with E-state index in [1.165, 1.54) is 19.1 Å². The van der Waals surface area contributed by atoms with Crippen molar-refractivity contribution in [1.82, 2.24) is 19.9 Å². The second-order valence-corrected chi connectivity index (χ2v) is 13.5. The number of benzene rings is 1. The minimum atomic E-state index is -1.26. The maximum absolute atomic E-state index is 13.9. The first-order chi connectivity index (χ1) is 20.3. The molecule has 2 atom stereocenters. The van der Waals surface area contributed by atoms with Crippen LogP contribution < -0.4 is 21.1 Å². The van der Waals surface area contributed by atoms with Crippen LogP contribution in [0.15, 0.2) is 69.5 Å². The highest BCUT2D eigenvalue weighted by Gasteiger charge is 2.29. The summed E-state index contributed by atoms with van der Waals surface area (Å²) in [6, 6.07) is 12.3. The number of pyridine rings is 1. The van der Waals surface area contributed by atoms with E-state index < -0.39 is 11.2 Å². The molecule has 1 aliphatic carbocycles. The molecule has 4 heterocycles. The Bertz CT molecular complexity index is 1640. The van der Waals surface area contributed by atoms with E-state index in [9.17, 15) is 9.35 Å². The molecule has 220 valence electrons. The van der Waals surface area contributed by atoms with Crippen LogP contribution in [0.5, 0.6) is 0 Å². The van der Waals surface area contributed by atoms with Gasteiger partial charge in [-0.15, -0.1) is 0 Å². The lowest BCUT2D eigenvalue weighted by molar-refractivity contribution is 0.445. The van der Waals surface area contributed by atoms with Gasteiger partial charge in [-0.3, -0.25) is 9.36 Å². The molecule has 2 N–H and O–H groups in total. The zero-order valence-electron chi connectivity index (χ0n) is 24.4. The number of nitrogens with one attached hydrogen (secondary N) is 2. The number of likely N-dealkylation sites (N-methyl/N-ethyl adjacent to an activating group) is 1. The Kier molecular flexibility index (Phi) is 8.11. The van der Waals surface area contributed by atoms with Gasteiger partial charge in [0.15, 0.2) is 10.7 Å². The topological polar surface area (TPSA) is 111 Å². The second-order valence-electron chi connectivity index (χ2n) is 11.6. The highest BCUT2D eigenvalue weighted by Crippen LogP contribution is 2.40. The Labute approximate surface area is 249 Å². The standard InChI is InChI=1S/C32H38N6O3S/c1-20(2)42(40)29-13-15-41-28(29)19-38-30-23(16-27(31(38)39)21(3)22-7-8-22)17-34-32(36-30)35-24-9-11-25(12-10-24)37(4)26-6-5-14-33-18-26/h9-13,15-17,20,22,26,33H,3,5-8,14,18-19H2,1-2,4H3,(H,34,35,36). The summed E-state index contributed by atoms with van der Waals surface area (Å²) in [4.78, 5) is 26.2. The first kappa shape index (κ1) is 28.5. The predicted octanol–water partition coefficient (Wildman–Crippen LogP) is 5.30. The van der Waals surface area contributed by atoms with Crippen LogP contribution in [0, 0.1) is 5.92 Å². The van der Waals surface area contributed by atoms with Crippen molar-refractivity contribution >= 4 is 45.1 Å². The van der Waals surface area contributed by atoms with Crippen LogP contribution in [0.1, 0.15) is 50.9 Å². The normalized spacial score (nSPS) is 17.9. The zero-order chi connectivity index (χ0) is 29.4. The number of anilines is 3. The molecular weight excluding hydrogens is 548 g/mol. The third kappa shape index (κ3) is 5.84. The third-order valence-electron chi connectivity index (χ3n) is 8.24. The van der Waals surface area contributed by atoms with Gasteiger partial charge in [-0.25, -0.2) is 4.98 Å². The summed E-state index contributed by atoms with van der Waals surface area (Å²) >= 11 is -1.26. The van der Waals surface area contributed by atoms with Gasteiger partial charge in [0, 0.05) is 54.2 Å². The molecule has 1 saturated carbocycles. The summed E-state index contributed by atoms with van der Waals surface area (Å²) in [5.74, 6) is 1.20. The lowest BCUT2D eigenvalue weighted by Crippen LogP contribution is -2.44. The average molecular weight is 587 g/mol. The molecular formula is C32H38N6O3S. The van der Waals surface area contributed by atoms with Crippen molar-refractivity contribution in [3.8, 4) is 0 Å². The van der Waals surface area contributed by atoms with Crippen LogP contribution in [-0.2, 0) is 17.7 Å². The lowest BCUT2D eigenvalue weighted by Gasteiger charge is -2.33. The molecule has 9 nitrogen and oxygen atoms in total. The molecule has 2 unspecified atom stereocenters. The van der Waals surface area contributed by atoms with E-state index in [4.69, 9.17) is 9.40 Å². The van der Waals surface area contributed by atoms with E-state index in [1.54, 1.807) is 16.8 Å². The fourth-order valence-corrected chi connectivity index (χ4v) is 6.59. The number of rotatable bonds is 10. The van der Waals surface area contributed by atoms with Gasteiger partial charge in [-0.05, 0) is 99.1 Å². The van der Waals surface area contributed by atoms with Gasteiger partial charge in [0.2, 0.25) is 5.95 Å². The molecule has 42 heavy (non-hydrogen) atoms. The van der Waals surface area contributed by atoms with Gasteiger partial charge in [-0.2, -0.15) is 4.98 Å². The minimum Gasteiger partial charge on any atom is -0.611 e. The number of nitrogens with zero attached hydrogens (tertiary/aromatic N) is 4. The molecule has 2 fully saturated rings. The Morgan fingerprint density at radius 3 is 2.74 bits per heavy atom. The molecule has 1 saturated heterocycles. The van der Waals surface area contributed by atoms with Crippen molar-refractivity contribution in [2.24, 2.45) is 5.92 Å². The van der Waals surface area contributed by atoms with Gasteiger partial charge in [0.25, 0.3) is 5.56 Å². The van der Waals surface area contributed by atoms with Crippen LogP contribution in [-0.4, -0.2) is 50.5 Å². The van der Waals surface area contributed by atoms with Crippen LogP contribution in [0.2, 0.25) is 0 Å². The summed E-state index contributed by atoms with van der Waals surface area (Å²) < 4.78 is 20.3. The molecule has 1 aliphatic heterocycles. The fourth-order valence-electron chi connectivity index (χ4n) is 5.55. The Morgan fingerprint density at radius 1 is 1.26 bits per heavy atom. The second kappa shape index (κ2) is 11.9. The summed E-state index contributed by atoms with van der Waals surface area (Å²) in [6.07, 6.45) is 7.70. The zero-order valence-corrected chi connectivity index (χ0v) is 25.2. The van der Waals surface area contributed by atoms with Crippen molar-refractivity contribution in [3.63, 3.8) is 0 Å². The number of hydrogen-bond acceptors (Lipinski definition) is 8. The van der Waals surface area contributed by atoms with E-state index in [-0.39, 0.29) is 17.4 Å². The van der Waals surface area contributed by atoms with Gasteiger partial charge in [0.1, 0.15) is 10.9 Å². The highest BCUT2D eigenvalue weighted by molar-refractivity contribution is 7.92. The van der Waals surface area contributed by atoms with Crippen molar-refractivity contribution in [1.29, 1.82) is 0 Å². The quantitative estimate of drug-likeness (QED) is 0.241. The lowest BCUT2D eigenvalue weighted by atomic mass is 10.0.